The zero-order valence-corrected chi connectivity index (χ0v) is 19.1. The van der Waals surface area contributed by atoms with Gasteiger partial charge in [0.05, 0.1) is 24.2 Å². The number of hydrogen-bond acceptors (Lipinski definition) is 5. The summed E-state index contributed by atoms with van der Waals surface area (Å²) in [6.07, 6.45) is 1.52. The highest BCUT2D eigenvalue weighted by atomic mass is 32.1. The van der Waals surface area contributed by atoms with Gasteiger partial charge in [0, 0.05) is 5.54 Å². The third-order valence-electron chi connectivity index (χ3n) is 4.55. The molecule has 3 rings (SSSR count). The average molecular weight is 454 g/mol. The van der Waals surface area contributed by atoms with Crippen LogP contribution in [-0.4, -0.2) is 34.7 Å². The SMILES string of the molecule is CC(C)(C)NC(=O)[C@H](c1ccccc1)N(Cc1ccco1)C(=O)CNC(=O)c1cccs1. The van der Waals surface area contributed by atoms with Gasteiger partial charge in [0.15, 0.2) is 0 Å². The normalized spacial score (nSPS) is 12.1. The van der Waals surface area contributed by atoms with E-state index < -0.39 is 17.5 Å². The predicted molar refractivity (Wildman–Crippen MR) is 123 cm³/mol. The van der Waals surface area contributed by atoms with E-state index in [1.807, 2.05) is 39.0 Å². The highest BCUT2D eigenvalue weighted by Crippen LogP contribution is 2.25. The van der Waals surface area contributed by atoms with Crippen molar-refractivity contribution >= 4 is 29.1 Å². The number of rotatable bonds is 8. The molecule has 0 radical (unpaired) electrons. The number of thiophene rings is 1. The molecule has 0 unspecified atom stereocenters. The molecule has 0 saturated carbocycles. The van der Waals surface area contributed by atoms with Crippen LogP contribution in [0.1, 0.15) is 47.8 Å². The van der Waals surface area contributed by atoms with Crippen molar-refractivity contribution < 1.29 is 18.8 Å². The van der Waals surface area contributed by atoms with Crippen LogP contribution in [-0.2, 0) is 16.1 Å². The molecule has 2 heterocycles. The van der Waals surface area contributed by atoms with Gasteiger partial charge in [-0.2, -0.15) is 0 Å². The largest absolute Gasteiger partial charge is 0.467 e. The second-order valence-electron chi connectivity index (χ2n) is 8.31. The number of amides is 3. The van der Waals surface area contributed by atoms with Crippen molar-refractivity contribution in [1.29, 1.82) is 0 Å². The fraction of sp³-hybridized carbons (Fsp3) is 0.292. The molecule has 0 spiro atoms. The van der Waals surface area contributed by atoms with Gasteiger partial charge in [-0.1, -0.05) is 36.4 Å². The van der Waals surface area contributed by atoms with Gasteiger partial charge < -0.3 is 20.0 Å². The van der Waals surface area contributed by atoms with Gasteiger partial charge in [-0.15, -0.1) is 11.3 Å². The Hall–Kier alpha value is -3.39. The summed E-state index contributed by atoms with van der Waals surface area (Å²) in [5, 5.41) is 7.42. The second-order valence-corrected chi connectivity index (χ2v) is 9.26. The Morgan fingerprint density at radius 2 is 1.78 bits per heavy atom. The number of nitrogens with zero attached hydrogens (tertiary/aromatic N) is 1. The Morgan fingerprint density at radius 3 is 2.38 bits per heavy atom. The van der Waals surface area contributed by atoms with Crippen molar-refractivity contribution in [2.45, 2.75) is 38.9 Å². The first-order chi connectivity index (χ1) is 15.2. The minimum Gasteiger partial charge on any atom is -0.467 e. The van der Waals surface area contributed by atoms with Gasteiger partial charge >= 0.3 is 0 Å². The van der Waals surface area contributed by atoms with Crippen molar-refractivity contribution in [1.82, 2.24) is 15.5 Å². The summed E-state index contributed by atoms with van der Waals surface area (Å²) in [6, 6.07) is 15.1. The van der Waals surface area contributed by atoms with Crippen LogP contribution in [0.25, 0.3) is 0 Å². The van der Waals surface area contributed by atoms with Crippen molar-refractivity contribution in [3.8, 4) is 0 Å². The first-order valence-corrected chi connectivity index (χ1v) is 11.1. The van der Waals surface area contributed by atoms with Crippen LogP contribution in [0.5, 0.6) is 0 Å². The summed E-state index contributed by atoms with van der Waals surface area (Å²) in [5.74, 6) is -0.508. The molecule has 0 aliphatic heterocycles. The zero-order chi connectivity index (χ0) is 23.1. The highest BCUT2D eigenvalue weighted by Gasteiger charge is 2.33. The lowest BCUT2D eigenvalue weighted by atomic mass is 10.0. The maximum absolute atomic E-state index is 13.3. The van der Waals surface area contributed by atoms with Crippen LogP contribution in [0.15, 0.2) is 70.7 Å². The maximum atomic E-state index is 13.3. The van der Waals surface area contributed by atoms with Gasteiger partial charge in [0.2, 0.25) is 11.8 Å². The zero-order valence-electron chi connectivity index (χ0n) is 18.3. The summed E-state index contributed by atoms with van der Waals surface area (Å²) >= 11 is 1.29. The van der Waals surface area contributed by atoms with E-state index >= 15 is 0 Å². The smallest absolute Gasteiger partial charge is 0.261 e. The summed E-state index contributed by atoms with van der Waals surface area (Å²) in [6.45, 7) is 5.48. The summed E-state index contributed by atoms with van der Waals surface area (Å²) < 4.78 is 5.45. The third kappa shape index (κ3) is 6.31. The summed E-state index contributed by atoms with van der Waals surface area (Å²) in [5.41, 5.74) is 0.176. The third-order valence-corrected chi connectivity index (χ3v) is 5.41. The molecule has 0 fully saturated rings. The first kappa shape index (κ1) is 23.3. The van der Waals surface area contributed by atoms with Gasteiger partial charge in [-0.05, 0) is 49.9 Å². The van der Waals surface area contributed by atoms with Crippen molar-refractivity contribution in [2.24, 2.45) is 0 Å². The van der Waals surface area contributed by atoms with Crippen LogP contribution in [0.4, 0.5) is 0 Å². The fourth-order valence-electron chi connectivity index (χ4n) is 3.19. The molecular formula is C24H27N3O4S. The Bertz CT molecular complexity index is 1030. The molecule has 3 aromatic rings. The molecule has 0 saturated heterocycles. The minimum absolute atomic E-state index is 0.0812. The Labute approximate surface area is 191 Å². The lowest BCUT2D eigenvalue weighted by Crippen LogP contribution is -2.50. The number of hydrogen-bond donors (Lipinski definition) is 2. The molecule has 1 atom stereocenters. The fourth-order valence-corrected chi connectivity index (χ4v) is 3.83. The number of carbonyl (C=O) groups is 3. The molecule has 7 nitrogen and oxygen atoms in total. The van der Waals surface area contributed by atoms with E-state index in [9.17, 15) is 14.4 Å². The monoisotopic (exact) mass is 453 g/mol. The standard InChI is InChI=1S/C24H27N3O4S/c1-24(2,3)26-23(30)21(17-9-5-4-6-10-17)27(16-18-11-7-13-31-18)20(28)15-25-22(29)19-12-8-14-32-19/h4-14,21H,15-16H2,1-3H3,(H,25,29)(H,26,30)/t21-/m0/s1. The molecular weight excluding hydrogens is 426 g/mol. The van der Waals surface area contributed by atoms with E-state index in [1.165, 1.54) is 22.5 Å². The average Bonchev–Trinajstić information content (AvgIpc) is 3.45. The first-order valence-electron chi connectivity index (χ1n) is 10.2. The van der Waals surface area contributed by atoms with Crippen molar-refractivity contribution in [3.63, 3.8) is 0 Å². The second kappa shape index (κ2) is 10.3. The van der Waals surface area contributed by atoms with E-state index in [0.29, 0.717) is 16.2 Å². The molecule has 8 heteroatoms. The van der Waals surface area contributed by atoms with Crippen molar-refractivity contribution in [2.75, 3.05) is 6.54 Å². The van der Waals surface area contributed by atoms with E-state index in [2.05, 4.69) is 10.6 Å². The quantitative estimate of drug-likeness (QED) is 0.543. The maximum Gasteiger partial charge on any atom is 0.261 e. The highest BCUT2D eigenvalue weighted by molar-refractivity contribution is 7.12. The summed E-state index contributed by atoms with van der Waals surface area (Å²) in [7, 11) is 0. The number of furan rings is 1. The Morgan fingerprint density at radius 1 is 1.03 bits per heavy atom. The molecule has 168 valence electrons. The lowest BCUT2D eigenvalue weighted by Gasteiger charge is -2.33. The molecule has 0 bridgehead atoms. The van der Waals surface area contributed by atoms with Crippen LogP contribution >= 0.6 is 11.3 Å². The molecule has 0 aliphatic rings. The van der Waals surface area contributed by atoms with Gasteiger partial charge in [0.25, 0.3) is 5.91 Å². The van der Waals surface area contributed by atoms with E-state index in [-0.39, 0.29) is 24.9 Å². The number of benzene rings is 1. The topological polar surface area (TPSA) is 91.7 Å². The number of nitrogens with one attached hydrogen (secondary N) is 2. The molecule has 2 aromatic heterocycles. The lowest BCUT2D eigenvalue weighted by molar-refractivity contribution is -0.141. The van der Waals surface area contributed by atoms with Crippen molar-refractivity contribution in [3.05, 3.63) is 82.4 Å². The van der Waals surface area contributed by atoms with Crippen LogP contribution in [0.3, 0.4) is 0 Å². The minimum atomic E-state index is -0.897. The van der Waals surface area contributed by atoms with E-state index in [0.717, 1.165) is 0 Å². The predicted octanol–water partition coefficient (Wildman–Crippen LogP) is 3.76. The van der Waals surface area contributed by atoms with Gasteiger partial charge in [0.1, 0.15) is 11.8 Å². The Kier molecular flexibility index (Phi) is 7.48. The molecule has 2 N–H and O–H groups in total. The van der Waals surface area contributed by atoms with Gasteiger partial charge in [-0.3, -0.25) is 14.4 Å². The molecule has 32 heavy (non-hydrogen) atoms. The molecule has 0 aliphatic carbocycles. The number of carbonyl (C=O) groups excluding carboxylic acids is 3. The summed E-state index contributed by atoms with van der Waals surface area (Å²) in [4.78, 5) is 40.9. The van der Waals surface area contributed by atoms with Crippen LogP contribution < -0.4 is 10.6 Å². The molecule has 1 aromatic carbocycles. The Balaban J connectivity index is 1.89. The van der Waals surface area contributed by atoms with Crippen LogP contribution in [0.2, 0.25) is 0 Å². The van der Waals surface area contributed by atoms with E-state index in [4.69, 9.17) is 4.42 Å². The van der Waals surface area contributed by atoms with Gasteiger partial charge in [-0.25, -0.2) is 0 Å². The van der Waals surface area contributed by atoms with Crippen LogP contribution in [0, 0.1) is 0 Å². The van der Waals surface area contributed by atoms with E-state index in [1.54, 1.807) is 41.8 Å². The molecule has 3 amide bonds.